The van der Waals surface area contributed by atoms with Crippen molar-refractivity contribution in [2.45, 2.75) is 77.7 Å². The van der Waals surface area contributed by atoms with Gasteiger partial charge >= 0.3 is 0 Å². The number of pyridine rings is 1. The number of carbonyl (C=O) groups excluding carboxylic acids is 1. The maximum absolute atomic E-state index is 12.2. The molecule has 0 aliphatic rings. The number of aromatic nitrogens is 3. The van der Waals surface area contributed by atoms with Gasteiger partial charge in [-0.3, -0.25) is 9.78 Å². The topological polar surface area (TPSA) is 59.8 Å². The molecule has 2 heterocycles. The maximum atomic E-state index is 12.2. The molecule has 0 atom stereocenters. The number of carbonyl (C=O) groups is 1. The van der Waals surface area contributed by atoms with Gasteiger partial charge in [-0.2, -0.15) is 0 Å². The van der Waals surface area contributed by atoms with E-state index < -0.39 is 0 Å². The molecule has 31 heavy (non-hydrogen) atoms. The van der Waals surface area contributed by atoms with Crippen molar-refractivity contribution < 1.29 is 4.79 Å². The molecule has 0 fully saturated rings. The first kappa shape index (κ1) is 23.0. The Hall–Kier alpha value is -2.69. The number of hydrogen-bond donors (Lipinski definition) is 1. The highest BCUT2D eigenvalue weighted by molar-refractivity contribution is 5.93. The van der Waals surface area contributed by atoms with Crippen LogP contribution in [0, 0.1) is 0 Å². The second-order valence-corrected chi connectivity index (χ2v) is 8.24. The molecule has 3 rings (SSSR count). The molecule has 0 bridgehead atoms. The molecule has 0 unspecified atom stereocenters. The van der Waals surface area contributed by atoms with Crippen LogP contribution in [-0.2, 0) is 13.0 Å². The van der Waals surface area contributed by atoms with Gasteiger partial charge in [-0.1, -0.05) is 64.0 Å². The molecule has 0 spiro atoms. The zero-order valence-corrected chi connectivity index (χ0v) is 18.9. The van der Waals surface area contributed by atoms with Crippen molar-refractivity contribution in [2.75, 3.05) is 6.54 Å². The molecular formula is C26H36N4O. The van der Waals surface area contributed by atoms with Crippen LogP contribution in [0.25, 0.3) is 11.0 Å². The van der Waals surface area contributed by atoms with Crippen LogP contribution in [0.3, 0.4) is 0 Å². The number of nitrogens with zero attached hydrogens (tertiary/aromatic N) is 3. The van der Waals surface area contributed by atoms with E-state index in [1.165, 1.54) is 56.9 Å². The minimum Gasteiger partial charge on any atom is -0.352 e. The molecule has 5 heteroatoms. The number of benzene rings is 1. The molecule has 1 N–H and O–H groups in total. The fourth-order valence-electron chi connectivity index (χ4n) is 4.02. The summed E-state index contributed by atoms with van der Waals surface area (Å²) in [7, 11) is 0. The Morgan fingerprint density at radius 1 is 0.903 bits per heavy atom. The fourth-order valence-corrected chi connectivity index (χ4v) is 4.02. The summed E-state index contributed by atoms with van der Waals surface area (Å²) in [5.74, 6) is 1.08. The molecule has 3 aromatic rings. The second-order valence-electron chi connectivity index (χ2n) is 8.24. The normalized spacial score (nSPS) is 11.1. The first-order chi connectivity index (χ1) is 15.3. The van der Waals surface area contributed by atoms with Crippen molar-refractivity contribution in [3.63, 3.8) is 0 Å². The van der Waals surface area contributed by atoms with E-state index in [4.69, 9.17) is 4.98 Å². The zero-order chi connectivity index (χ0) is 21.7. The van der Waals surface area contributed by atoms with Crippen LogP contribution >= 0.6 is 0 Å². The Bertz CT molecular complexity index is 920. The summed E-state index contributed by atoms with van der Waals surface area (Å²) in [4.78, 5) is 21.0. The predicted molar refractivity (Wildman–Crippen MR) is 127 cm³/mol. The van der Waals surface area contributed by atoms with E-state index in [9.17, 15) is 4.79 Å². The molecule has 0 radical (unpaired) electrons. The molecule has 0 aliphatic carbocycles. The predicted octanol–water partition coefficient (Wildman–Crippen LogP) is 5.93. The van der Waals surface area contributed by atoms with Gasteiger partial charge in [-0.05, 0) is 37.1 Å². The summed E-state index contributed by atoms with van der Waals surface area (Å²) < 4.78 is 2.39. The van der Waals surface area contributed by atoms with Crippen molar-refractivity contribution in [3.8, 4) is 0 Å². The van der Waals surface area contributed by atoms with Gasteiger partial charge in [0, 0.05) is 37.5 Å². The second kappa shape index (κ2) is 12.9. The molecule has 1 aromatic carbocycles. The van der Waals surface area contributed by atoms with Gasteiger partial charge < -0.3 is 9.88 Å². The smallest absolute Gasteiger partial charge is 0.251 e. The van der Waals surface area contributed by atoms with Gasteiger partial charge in [0.15, 0.2) is 0 Å². The lowest BCUT2D eigenvalue weighted by molar-refractivity contribution is 0.0953. The maximum Gasteiger partial charge on any atom is 0.251 e. The van der Waals surface area contributed by atoms with E-state index in [2.05, 4.69) is 46.1 Å². The third-order valence-electron chi connectivity index (χ3n) is 5.77. The SMILES string of the molecule is CCCCCCCCCCn1c(CCCNC(=O)c2ccncc2)nc2ccccc21. The van der Waals surface area contributed by atoms with E-state index in [-0.39, 0.29) is 5.91 Å². The van der Waals surface area contributed by atoms with Crippen molar-refractivity contribution in [1.82, 2.24) is 19.9 Å². The molecule has 5 nitrogen and oxygen atoms in total. The van der Waals surface area contributed by atoms with Crippen molar-refractivity contribution >= 4 is 16.9 Å². The Morgan fingerprint density at radius 3 is 2.39 bits per heavy atom. The number of unbranched alkanes of at least 4 members (excludes halogenated alkanes) is 7. The molecule has 0 aliphatic heterocycles. The minimum atomic E-state index is -0.0464. The summed E-state index contributed by atoms with van der Waals surface area (Å²) >= 11 is 0. The van der Waals surface area contributed by atoms with Crippen LogP contribution in [0.1, 0.15) is 80.9 Å². The van der Waals surface area contributed by atoms with E-state index in [1.807, 2.05) is 0 Å². The standard InChI is InChI=1S/C26H36N4O/c1-2-3-4-5-6-7-8-11-21-30-24-14-10-9-13-23(24)29-25(30)15-12-18-28-26(31)22-16-19-27-20-17-22/h9-10,13-14,16-17,19-20H,2-8,11-12,15,18,21H2,1H3,(H,28,31). The first-order valence-corrected chi connectivity index (χ1v) is 11.9. The fraction of sp³-hybridized carbons (Fsp3) is 0.500. The molecule has 166 valence electrons. The quantitative estimate of drug-likeness (QED) is 0.329. The van der Waals surface area contributed by atoms with Crippen LogP contribution in [-0.4, -0.2) is 27.0 Å². The minimum absolute atomic E-state index is 0.0464. The highest BCUT2D eigenvalue weighted by atomic mass is 16.1. The average molecular weight is 421 g/mol. The van der Waals surface area contributed by atoms with Crippen molar-refractivity contribution in [3.05, 3.63) is 60.2 Å². The number of amides is 1. The summed E-state index contributed by atoms with van der Waals surface area (Å²) in [6, 6.07) is 11.9. The third-order valence-corrected chi connectivity index (χ3v) is 5.77. The van der Waals surface area contributed by atoms with Crippen LogP contribution in [0.4, 0.5) is 0 Å². The third kappa shape index (κ3) is 7.20. The van der Waals surface area contributed by atoms with Crippen LogP contribution in [0.15, 0.2) is 48.8 Å². The van der Waals surface area contributed by atoms with Crippen LogP contribution in [0.2, 0.25) is 0 Å². The van der Waals surface area contributed by atoms with Crippen molar-refractivity contribution in [1.29, 1.82) is 0 Å². The number of imidazole rings is 1. The average Bonchev–Trinajstić information content (AvgIpc) is 3.16. The van der Waals surface area contributed by atoms with Crippen LogP contribution in [0.5, 0.6) is 0 Å². The molecule has 2 aromatic heterocycles. The largest absolute Gasteiger partial charge is 0.352 e. The molecule has 0 saturated carbocycles. The highest BCUT2D eigenvalue weighted by Crippen LogP contribution is 2.19. The lowest BCUT2D eigenvalue weighted by Gasteiger charge is -2.10. The molecule has 0 saturated heterocycles. The Morgan fingerprint density at radius 2 is 1.61 bits per heavy atom. The van der Waals surface area contributed by atoms with Crippen LogP contribution < -0.4 is 5.32 Å². The molecule has 1 amide bonds. The Balaban J connectivity index is 1.47. The van der Waals surface area contributed by atoms with E-state index in [0.29, 0.717) is 12.1 Å². The van der Waals surface area contributed by atoms with Gasteiger partial charge in [0.2, 0.25) is 0 Å². The van der Waals surface area contributed by atoms with Gasteiger partial charge in [0.05, 0.1) is 11.0 Å². The zero-order valence-electron chi connectivity index (χ0n) is 18.9. The Kier molecular flexibility index (Phi) is 9.55. The number of rotatable bonds is 14. The van der Waals surface area contributed by atoms with E-state index in [1.54, 1.807) is 24.5 Å². The van der Waals surface area contributed by atoms with E-state index in [0.717, 1.165) is 30.7 Å². The monoisotopic (exact) mass is 420 g/mol. The van der Waals surface area contributed by atoms with Gasteiger partial charge in [0.25, 0.3) is 5.91 Å². The van der Waals surface area contributed by atoms with Crippen molar-refractivity contribution in [2.24, 2.45) is 0 Å². The number of nitrogens with one attached hydrogen (secondary N) is 1. The lowest BCUT2D eigenvalue weighted by Crippen LogP contribution is -2.25. The summed E-state index contributed by atoms with van der Waals surface area (Å²) in [5, 5.41) is 3.00. The number of fused-ring (bicyclic) bond motifs is 1. The highest BCUT2D eigenvalue weighted by Gasteiger charge is 2.10. The van der Waals surface area contributed by atoms with Gasteiger partial charge in [0.1, 0.15) is 5.82 Å². The number of para-hydroxylation sites is 2. The van der Waals surface area contributed by atoms with Gasteiger partial charge in [-0.25, -0.2) is 4.98 Å². The summed E-state index contributed by atoms with van der Waals surface area (Å²) in [6.45, 7) is 3.93. The number of hydrogen-bond acceptors (Lipinski definition) is 3. The van der Waals surface area contributed by atoms with E-state index >= 15 is 0 Å². The summed E-state index contributed by atoms with van der Waals surface area (Å²) in [5.41, 5.74) is 2.94. The first-order valence-electron chi connectivity index (χ1n) is 11.9. The Labute approximate surface area is 186 Å². The summed E-state index contributed by atoms with van der Waals surface area (Å²) in [6.07, 6.45) is 15.6. The molecular weight excluding hydrogens is 384 g/mol. The lowest BCUT2D eigenvalue weighted by atomic mass is 10.1. The number of aryl methyl sites for hydroxylation is 2. The van der Waals surface area contributed by atoms with Gasteiger partial charge in [-0.15, -0.1) is 0 Å².